The van der Waals surface area contributed by atoms with E-state index < -0.39 is 0 Å². The molecule has 0 saturated heterocycles. The molecule has 0 aliphatic carbocycles. The Kier molecular flexibility index (Phi) is 3.59. The van der Waals surface area contributed by atoms with Gasteiger partial charge < -0.3 is 9.84 Å². The number of hydrogen-bond donors (Lipinski definition) is 1. The van der Waals surface area contributed by atoms with Crippen molar-refractivity contribution >= 4 is 22.6 Å². The molecule has 2 nitrogen and oxygen atoms in total. The summed E-state index contributed by atoms with van der Waals surface area (Å²) in [5.74, 6) is 0.722. The summed E-state index contributed by atoms with van der Waals surface area (Å²) in [5, 5.41) is 9.53. The Morgan fingerprint density at radius 1 is 1.62 bits per heavy atom. The molecule has 0 unspecified atom stereocenters. The maximum atomic E-state index is 9.53. The molecule has 0 atom stereocenters. The van der Waals surface area contributed by atoms with Gasteiger partial charge in [-0.3, -0.25) is 0 Å². The van der Waals surface area contributed by atoms with Gasteiger partial charge in [-0.1, -0.05) is 6.08 Å². The van der Waals surface area contributed by atoms with Gasteiger partial charge in [0.15, 0.2) is 11.5 Å². The minimum Gasteiger partial charge on any atom is -0.504 e. The summed E-state index contributed by atoms with van der Waals surface area (Å²) in [6.45, 7) is 3.66. The molecule has 0 saturated carbocycles. The van der Waals surface area contributed by atoms with E-state index in [1.165, 1.54) is 0 Å². The van der Waals surface area contributed by atoms with Crippen molar-refractivity contribution in [2.75, 3.05) is 7.11 Å². The molecular weight excluding hydrogens is 279 g/mol. The number of ether oxygens (including phenoxy) is 1. The SMILES string of the molecule is C=CCc1cc(I)c(O)c(OC)c1. The summed E-state index contributed by atoms with van der Waals surface area (Å²) in [7, 11) is 1.54. The van der Waals surface area contributed by atoms with Crippen LogP contribution in [0.1, 0.15) is 5.56 Å². The van der Waals surface area contributed by atoms with Gasteiger partial charge in [-0.2, -0.15) is 0 Å². The number of hydrogen-bond acceptors (Lipinski definition) is 2. The average Bonchev–Trinajstić information content (AvgIpc) is 2.11. The minimum atomic E-state index is 0.205. The van der Waals surface area contributed by atoms with Crippen molar-refractivity contribution in [1.82, 2.24) is 0 Å². The van der Waals surface area contributed by atoms with E-state index in [4.69, 9.17) is 4.74 Å². The molecule has 0 radical (unpaired) electrons. The molecule has 3 heteroatoms. The van der Waals surface area contributed by atoms with Crippen molar-refractivity contribution < 1.29 is 9.84 Å². The first-order valence-corrected chi connectivity index (χ1v) is 4.93. The summed E-state index contributed by atoms with van der Waals surface area (Å²) >= 11 is 2.07. The van der Waals surface area contributed by atoms with Crippen molar-refractivity contribution in [2.45, 2.75) is 6.42 Å². The van der Waals surface area contributed by atoms with Crippen LogP contribution in [-0.2, 0) is 6.42 Å². The summed E-state index contributed by atoms with van der Waals surface area (Å²) in [5.41, 5.74) is 1.09. The largest absolute Gasteiger partial charge is 0.504 e. The number of allylic oxidation sites excluding steroid dienone is 1. The third kappa shape index (κ3) is 2.37. The van der Waals surface area contributed by atoms with E-state index in [9.17, 15) is 5.11 Å². The first-order valence-electron chi connectivity index (χ1n) is 3.85. The molecule has 0 aromatic heterocycles. The molecule has 0 aliphatic heterocycles. The van der Waals surface area contributed by atoms with Crippen molar-refractivity contribution in [1.29, 1.82) is 0 Å². The van der Waals surface area contributed by atoms with Gasteiger partial charge in [-0.15, -0.1) is 6.58 Å². The molecule has 0 aliphatic rings. The maximum absolute atomic E-state index is 9.53. The molecule has 1 N–H and O–H groups in total. The maximum Gasteiger partial charge on any atom is 0.171 e. The number of aromatic hydroxyl groups is 1. The van der Waals surface area contributed by atoms with Crippen molar-refractivity contribution in [3.8, 4) is 11.5 Å². The molecule has 1 rings (SSSR count). The zero-order valence-corrected chi connectivity index (χ0v) is 9.54. The highest BCUT2D eigenvalue weighted by molar-refractivity contribution is 14.1. The molecule has 0 fully saturated rings. The van der Waals surface area contributed by atoms with Crippen molar-refractivity contribution in [3.63, 3.8) is 0 Å². The Labute approximate surface area is 91.4 Å². The lowest BCUT2D eigenvalue weighted by atomic mass is 10.1. The predicted octanol–water partition coefficient (Wildman–Crippen LogP) is 2.73. The van der Waals surface area contributed by atoms with Crippen LogP contribution in [-0.4, -0.2) is 12.2 Å². The summed E-state index contributed by atoms with van der Waals surface area (Å²) in [4.78, 5) is 0. The predicted molar refractivity (Wildman–Crippen MR) is 61.3 cm³/mol. The highest BCUT2D eigenvalue weighted by Gasteiger charge is 2.07. The smallest absolute Gasteiger partial charge is 0.171 e. The van der Waals surface area contributed by atoms with Gasteiger partial charge in [0.05, 0.1) is 10.7 Å². The lowest BCUT2D eigenvalue weighted by Gasteiger charge is -2.07. The summed E-state index contributed by atoms with van der Waals surface area (Å²) < 4.78 is 5.82. The van der Waals surface area contributed by atoms with Crippen molar-refractivity contribution in [3.05, 3.63) is 33.9 Å². The van der Waals surface area contributed by atoms with Gasteiger partial charge in [0.25, 0.3) is 0 Å². The van der Waals surface area contributed by atoms with Gasteiger partial charge in [0.2, 0.25) is 0 Å². The zero-order chi connectivity index (χ0) is 9.84. The van der Waals surface area contributed by atoms with E-state index in [0.717, 1.165) is 15.6 Å². The Morgan fingerprint density at radius 3 is 2.85 bits per heavy atom. The van der Waals surface area contributed by atoms with E-state index in [1.54, 1.807) is 7.11 Å². The quantitative estimate of drug-likeness (QED) is 0.685. The van der Waals surface area contributed by atoms with Crippen LogP contribution in [0, 0.1) is 3.57 Å². The van der Waals surface area contributed by atoms with Crippen LogP contribution in [0.5, 0.6) is 11.5 Å². The van der Waals surface area contributed by atoms with E-state index in [1.807, 2.05) is 18.2 Å². The Morgan fingerprint density at radius 2 is 2.31 bits per heavy atom. The lowest BCUT2D eigenvalue weighted by Crippen LogP contribution is -1.89. The summed E-state index contributed by atoms with van der Waals surface area (Å²) in [6.07, 6.45) is 2.61. The fraction of sp³-hybridized carbons (Fsp3) is 0.200. The number of rotatable bonds is 3. The van der Waals surface area contributed by atoms with Crippen molar-refractivity contribution in [2.24, 2.45) is 0 Å². The van der Waals surface area contributed by atoms with Crippen LogP contribution >= 0.6 is 22.6 Å². The molecule has 13 heavy (non-hydrogen) atoms. The second-order valence-electron chi connectivity index (χ2n) is 2.62. The Bertz CT molecular complexity index is 321. The fourth-order valence-corrected chi connectivity index (χ4v) is 1.73. The standard InChI is InChI=1S/C10H11IO2/c1-3-4-7-5-8(11)10(12)9(6-7)13-2/h3,5-6,12H,1,4H2,2H3. The van der Waals surface area contributed by atoms with Crippen LogP contribution < -0.4 is 4.74 Å². The lowest BCUT2D eigenvalue weighted by molar-refractivity contribution is 0.371. The first kappa shape index (κ1) is 10.4. The van der Waals surface area contributed by atoms with Crippen LogP contribution in [0.15, 0.2) is 24.8 Å². The Balaban J connectivity index is 3.13. The second-order valence-corrected chi connectivity index (χ2v) is 3.78. The molecule has 0 amide bonds. The third-order valence-corrected chi connectivity index (χ3v) is 2.51. The van der Waals surface area contributed by atoms with E-state index in [-0.39, 0.29) is 5.75 Å². The zero-order valence-electron chi connectivity index (χ0n) is 7.38. The third-order valence-electron chi connectivity index (χ3n) is 1.69. The number of halogens is 1. The van der Waals surface area contributed by atoms with E-state index >= 15 is 0 Å². The number of phenolic OH excluding ortho intramolecular Hbond substituents is 1. The molecular formula is C10H11IO2. The van der Waals surface area contributed by atoms with Gasteiger partial charge in [-0.25, -0.2) is 0 Å². The average molecular weight is 290 g/mol. The monoisotopic (exact) mass is 290 g/mol. The number of methoxy groups -OCH3 is 1. The van der Waals surface area contributed by atoms with Crippen LogP contribution in [0.2, 0.25) is 0 Å². The molecule has 1 aromatic rings. The van der Waals surface area contributed by atoms with Crippen LogP contribution in [0.3, 0.4) is 0 Å². The molecule has 70 valence electrons. The second kappa shape index (κ2) is 4.50. The number of benzene rings is 1. The molecule has 0 heterocycles. The highest BCUT2D eigenvalue weighted by atomic mass is 127. The van der Waals surface area contributed by atoms with E-state index in [2.05, 4.69) is 29.2 Å². The fourth-order valence-electron chi connectivity index (χ4n) is 1.07. The normalized spacial score (nSPS) is 9.69. The van der Waals surface area contributed by atoms with Gasteiger partial charge >= 0.3 is 0 Å². The first-order chi connectivity index (χ1) is 6.19. The van der Waals surface area contributed by atoms with Gasteiger partial charge in [0, 0.05) is 0 Å². The summed E-state index contributed by atoms with van der Waals surface area (Å²) in [6, 6.07) is 3.74. The topological polar surface area (TPSA) is 29.5 Å². The molecule has 0 spiro atoms. The molecule has 1 aromatic carbocycles. The van der Waals surface area contributed by atoms with Crippen LogP contribution in [0.25, 0.3) is 0 Å². The minimum absolute atomic E-state index is 0.205. The highest BCUT2D eigenvalue weighted by Crippen LogP contribution is 2.32. The van der Waals surface area contributed by atoms with Crippen LogP contribution in [0.4, 0.5) is 0 Å². The Hall–Kier alpha value is -0.710. The van der Waals surface area contributed by atoms with E-state index in [0.29, 0.717) is 5.75 Å². The van der Waals surface area contributed by atoms with Gasteiger partial charge in [0.1, 0.15) is 0 Å². The molecule has 0 bridgehead atoms. The number of phenols is 1. The van der Waals surface area contributed by atoms with Gasteiger partial charge in [-0.05, 0) is 46.7 Å².